The summed E-state index contributed by atoms with van der Waals surface area (Å²) in [5, 5.41) is 9.12. The largest absolute Gasteiger partial charge is 0.785 e. The molecule has 0 fully saturated rings. The molecule has 0 amide bonds. The molecule has 1 aromatic carbocycles. The molecule has 1 nitrogen and oxygen atoms in total. The zero-order valence-corrected chi connectivity index (χ0v) is 8.30. The maximum Gasteiger partial charge on any atom is 0.0612 e. The average molecular weight is 193 g/mol. The summed E-state index contributed by atoms with van der Waals surface area (Å²) in [6, 6.07) is 10.1. The van der Waals surface area contributed by atoms with Gasteiger partial charge in [0.2, 0.25) is 0 Å². The van der Waals surface area contributed by atoms with Crippen molar-refractivity contribution in [2.75, 3.05) is 0 Å². The van der Waals surface area contributed by atoms with Crippen molar-refractivity contribution < 1.29 is 0 Å². The molecule has 1 aliphatic carbocycles. The van der Waals surface area contributed by atoms with Crippen molar-refractivity contribution >= 4 is 11.8 Å². The fourth-order valence-corrected chi connectivity index (χ4v) is 1.34. The van der Waals surface area contributed by atoms with Gasteiger partial charge in [-0.25, -0.2) is 0 Å². The Morgan fingerprint density at radius 1 is 1.00 bits per heavy atom. The van der Waals surface area contributed by atoms with Crippen LogP contribution in [0.4, 0.5) is 0 Å². The van der Waals surface area contributed by atoms with Gasteiger partial charge in [0, 0.05) is 29.9 Å². The van der Waals surface area contributed by atoms with E-state index in [0.717, 1.165) is 5.92 Å². The van der Waals surface area contributed by atoms with E-state index in [1.807, 2.05) is 42.5 Å². The third-order valence-corrected chi connectivity index (χ3v) is 2.16. The molecule has 0 aliphatic heterocycles. The molecular formula is C14H11N. The van der Waals surface area contributed by atoms with Crippen LogP contribution in [0, 0.1) is 5.92 Å². The summed E-state index contributed by atoms with van der Waals surface area (Å²) < 4.78 is 0. The second-order valence-corrected chi connectivity index (χ2v) is 3.34. The number of hydrogen-bond acceptors (Lipinski definition) is 0. The van der Waals surface area contributed by atoms with Crippen LogP contribution in [0.2, 0.25) is 0 Å². The monoisotopic (exact) mass is 193 g/mol. The first-order chi connectivity index (χ1) is 7.34. The van der Waals surface area contributed by atoms with Gasteiger partial charge in [-0.3, -0.25) is 0 Å². The fraction of sp³-hybridized carbons (Fsp3) is 0. The molecule has 1 aliphatic rings. The standard InChI is InChI=1S/C14H11N/c15-14-10-8-13(9-11-14)7-6-12-4-2-1-3-5-12/h1-11H/b7-6+. The summed E-state index contributed by atoms with van der Waals surface area (Å²) in [5.41, 5.74) is 1.47. The lowest BCUT2D eigenvalue weighted by atomic mass is 10.0. The molecule has 15 heavy (non-hydrogen) atoms. The Hall–Kier alpha value is -2.02. The van der Waals surface area contributed by atoms with Gasteiger partial charge < -0.3 is 5.41 Å². The Balaban J connectivity index is 2.04. The minimum atomic E-state index is 0.298. The highest BCUT2D eigenvalue weighted by molar-refractivity contribution is 6.08. The summed E-state index contributed by atoms with van der Waals surface area (Å²) in [6.45, 7) is 0. The number of rotatable bonds is 2. The van der Waals surface area contributed by atoms with Crippen LogP contribution in [-0.2, 0) is 0 Å². The van der Waals surface area contributed by atoms with E-state index in [2.05, 4.69) is 12.1 Å². The van der Waals surface area contributed by atoms with Crippen LogP contribution in [0.5, 0.6) is 0 Å². The van der Waals surface area contributed by atoms with Gasteiger partial charge in [-0.15, -0.1) is 0 Å². The van der Waals surface area contributed by atoms with E-state index in [1.165, 1.54) is 5.56 Å². The first kappa shape index (κ1) is 9.53. The van der Waals surface area contributed by atoms with Crippen molar-refractivity contribution in [3.63, 3.8) is 0 Å². The molecule has 0 radical (unpaired) electrons. The van der Waals surface area contributed by atoms with E-state index in [0.29, 0.717) is 5.71 Å². The molecule has 1 aromatic rings. The molecule has 0 bridgehead atoms. The molecule has 0 heterocycles. The van der Waals surface area contributed by atoms with Crippen LogP contribution in [-0.4, -0.2) is 5.71 Å². The smallest absolute Gasteiger partial charge is 0.0612 e. The first-order valence-electron chi connectivity index (χ1n) is 4.87. The Morgan fingerprint density at radius 3 is 2.33 bits per heavy atom. The number of hydrogen-bond donors (Lipinski definition) is 0. The topological polar surface area (TPSA) is 22.3 Å². The summed E-state index contributed by atoms with van der Waals surface area (Å²) in [4.78, 5) is 0. The molecule has 0 saturated heterocycles. The molecular weight excluding hydrogens is 182 g/mol. The van der Waals surface area contributed by atoms with Crippen LogP contribution in [0.25, 0.3) is 11.5 Å². The fourth-order valence-electron chi connectivity index (χ4n) is 1.34. The predicted molar refractivity (Wildman–Crippen MR) is 65.4 cm³/mol. The van der Waals surface area contributed by atoms with Gasteiger partial charge in [-0.05, 0) is 24.3 Å². The van der Waals surface area contributed by atoms with E-state index in [4.69, 9.17) is 5.41 Å². The molecule has 1 heteroatoms. The maximum absolute atomic E-state index is 9.12. The van der Waals surface area contributed by atoms with E-state index in [1.54, 1.807) is 12.2 Å². The van der Waals surface area contributed by atoms with E-state index in [-0.39, 0.29) is 0 Å². The second kappa shape index (κ2) is 4.47. The summed E-state index contributed by atoms with van der Waals surface area (Å²) in [5.74, 6) is 1.08. The number of nitrogens with zero attached hydrogens (tertiary/aromatic N) is 1. The number of benzene rings is 1. The Bertz CT molecular complexity index is 408. The zero-order chi connectivity index (χ0) is 10.5. The van der Waals surface area contributed by atoms with Crippen LogP contribution in [0.1, 0.15) is 5.56 Å². The van der Waals surface area contributed by atoms with Gasteiger partial charge >= 0.3 is 0 Å². The van der Waals surface area contributed by atoms with Crippen molar-refractivity contribution in [3.8, 4) is 0 Å². The van der Waals surface area contributed by atoms with Crippen molar-refractivity contribution in [3.05, 3.63) is 77.6 Å². The Labute approximate surface area is 90.0 Å². The molecule has 0 atom stereocenters. The second-order valence-electron chi connectivity index (χ2n) is 3.34. The summed E-state index contributed by atoms with van der Waals surface area (Å²) in [6.07, 6.45) is 11.2. The lowest BCUT2D eigenvalue weighted by molar-refractivity contribution is 1.48. The maximum atomic E-state index is 9.12. The van der Waals surface area contributed by atoms with Crippen LogP contribution < -0.4 is 0 Å². The van der Waals surface area contributed by atoms with Gasteiger partial charge in [-0.2, -0.15) is 0 Å². The highest BCUT2D eigenvalue weighted by atomic mass is 14.4. The number of allylic oxidation sites excluding steroid dienone is 5. The molecule has 0 aromatic heterocycles. The predicted octanol–water partition coefficient (Wildman–Crippen LogP) is 3.41. The van der Waals surface area contributed by atoms with Crippen LogP contribution in [0.15, 0.2) is 60.7 Å². The lowest BCUT2D eigenvalue weighted by Crippen LogP contribution is -1.94. The quantitative estimate of drug-likeness (QED) is 0.642. The van der Waals surface area contributed by atoms with Crippen LogP contribution in [0.3, 0.4) is 0 Å². The summed E-state index contributed by atoms with van der Waals surface area (Å²) in [7, 11) is 0. The lowest BCUT2D eigenvalue weighted by Gasteiger charge is -2.02. The third-order valence-electron chi connectivity index (χ3n) is 2.16. The van der Waals surface area contributed by atoms with Crippen molar-refractivity contribution in [2.45, 2.75) is 0 Å². The molecule has 2 rings (SSSR count). The minimum absolute atomic E-state index is 0.298. The molecule has 0 spiro atoms. The van der Waals surface area contributed by atoms with Gasteiger partial charge in [-0.1, -0.05) is 23.9 Å². The van der Waals surface area contributed by atoms with Gasteiger partial charge in [0.15, 0.2) is 0 Å². The SMILES string of the molecule is [N-]=C1C=C[C+](/C=C/c2ccccc2)C=C1. The van der Waals surface area contributed by atoms with Crippen molar-refractivity contribution in [1.82, 2.24) is 0 Å². The first-order valence-corrected chi connectivity index (χ1v) is 4.87. The van der Waals surface area contributed by atoms with Crippen molar-refractivity contribution in [2.24, 2.45) is 0 Å². The zero-order valence-electron chi connectivity index (χ0n) is 8.30. The van der Waals surface area contributed by atoms with Crippen molar-refractivity contribution in [1.29, 1.82) is 0 Å². The summed E-state index contributed by atoms with van der Waals surface area (Å²) >= 11 is 0. The molecule has 0 saturated carbocycles. The van der Waals surface area contributed by atoms with Gasteiger partial charge in [0.1, 0.15) is 0 Å². The molecule has 72 valence electrons. The van der Waals surface area contributed by atoms with E-state index >= 15 is 0 Å². The average Bonchev–Trinajstić information content (AvgIpc) is 2.30. The minimum Gasteiger partial charge on any atom is -0.785 e. The normalized spacial score (nSPS) is 15.2. The highest BCUT2D eigenvalue weighted by Gasteiger charge is 2.04. The van der Waals surface area contributed by atoms with E-state index < -0.39 is 0 Å². The highest BCUT2D eigenvalue weighted by Crippen LogP contribution is 2.13. The van der Waals surface area contributed by atoms with Crippen LogP contribution >= 0.6 is 0 Å². The Kier molecular flexibility index (Phi) is 2.84. The molecule has 0 N–H and O–H groups in total. The van der Waals surface area contributed by atoms with E-state index in [9.17, 15) is 0 Å². The van der Waals surface area contributed by atoms with Gasteiger partial charge in [0.05, 0.1) is 5.92 Å². The van der Waals surface area contributed by atoms with Gasteiger partial charge in [0.25, 0.3) is 0 Å². The Morgan fingerprint density at radius 2 is 1.67 bits per heavy atom. The molecule has 0 unspecified atom stereocenters. The third kappa shape index (κ3) is 2.71.